The molecule has 5 heteroatoms. The highest BCUT2D eigenvalue weighted by atomic mass is 16.5. The van der Waals surface area contributed by atoms with E-state index in [4.69, 9.17) is 9.84 Å². The van der Waals surface area contributed by atoms with Crippen molar-refractivity contribution in [3.8, 4) is 0 Å². The van der Waals surface area contributed by atoms with Crippen molar-refractivity contribution in [1.82, 2.24) is 4.90 Å². The zero-order chi connectivity index (χ0) is 14.7. The highest BCUT2D eigenvalue weighted by molar-refractivity contribution is 5.82. The van der Waals surface area contributed by atoms with Crippen LogP contribution in [0.5, 0.6) is 0 Å². The highest BCUT2D eigenvalue weighted by Crippen LogP contribution is 2.27. The van der Waals surface area contributed by atoms with E-state index in [9.17, 15) is 9.59 Å². The summed E-state index contributed by atoms with van der Waals surface area (Å²) in [4.78, 5) is 24.8. The zero-order valence-electron chi connectivity index (χ0n) is 12.4. The van der Waals surface area contributed by atoms with Gasteiger partial charge in [-0.15, -0.1) is 0 Å². The van der Waals surface area contributed by atoms with Crippen LogP contribution in [-0.4, -0.2) is 47.2 Å². The van der Waals surface area contributed by atoms with Gasteiger partial charge in [-0.2, -0.15) is 0 Å². The van der Waals surface area contributed by atoms with E-state index in [0.29, 0.717) is 25.4 Å². The Hall–Kier alpha value is -1.10. The summed E-state index contributed by atoms with van der Waals surface area (Å²) in [7, 11) is 0. The maximum absolute atomic E-state index is 12.3. The van der Waals surface area contributed by atoms with Gasteiger partial charge in [0.05, 0.1) is 12.0 Å². The summed E-state index contributed by atoms with van der Waals surface area (Å²) in [6, 6.07) is 0. The first-order chi connectivity index (χ1) is 9.47. The van der Waals surface area contributed by atoms with Gasteiger partial charge >= 0.3 is 5.97 Å². The minimum Gasteiger partial charge on any atom is -0.481 e. The van der Waals surface area contributed by atoms with E-state index in [0.717, 1.165) is 19.3 Å². The number of rotatable bonds is 4. The molecule has 1 aliphatic carbocycles. The number of nitrogens with zero attached hydrogens (tertiary/aromatic N) is 1. The van der Waals surface area contributed by atoms with Crippen LogP contribution in [0, 0.1) is 11.8 Å². The second-order valence-corrected chi connectivity index (χ2v) is 6.28. The third kappa shape index (κ3) is 3.72. The molecular weight excluding hydrogens is 258 g/mol. The van der Waals surface area contributed by atoms with E-state index in [1.807, 2.05) is 0 Å². The minimum atomic E-state index is -0.810. The predicted octanol–water partition coefficient (Wildman–Crippen LogP) is 1.90. The van der Waals surface area contributed by atoms with Gasteiger partial charge < -0.3 is 14.7 Å². The molecule has 20 heavy (non-hydrogen) atoms. The van der Waals surface area contributed by atoms with E-state index in [1.165, 1.54) is 6.42 Å². The average Bonchev–Trinajstić information content (AvgIpc) is 2.87. The summed E-state index contributed by atoms with van der Waals surface area (Å²) < 4.78 is 5.89. The lowest BCUT2D eigenvalue weighted by atomic mass is 9.88. The molecule has 1 saturated heterocycles. The molecule has 1 saturated carbocycles. The summed E-state index contributed by atoms with van der Waals surface area (Å²) in [6.45, 7) is 4.86. The molecule has 1 aliphatic heterocycles. The molecule has 4 atom stereocenters. The molecule has 0 aromatic heterocycles. The second kappa shape index (κ2) is 6.57. The maximum atomic E-state index is 12.3. The van der Waals surface area contributed by atoms with Gasteiger partial charge in [0.15, 0.2) is 0 Å². The highest BCUT2D eigenvalue weighted by Gasteiger charge is 2.34. The number of likely N-dealkylation sites (tertiary alicyclic amines) is 1. The number of hydrogen-bond donors (Lipinski definition) is 1. The summed E-state index contributed by atoms with van der Waals surface area (Å²) in [6.07, 6.45) is 4.73. The quantitative estimate of drug-likeness (QED) is 0.855. The van der Waals surface area contributed by atoms with Gasteiger partial charge in [-0.3, -0.25) is 9.59 Å². The Morgan fingerprint density at radius 3 is 2.65 bits per heavy atom. The van der Waals surface area contributed by atoms with Gasteiger partial charge in [-0.05, 0) is 32.1 Å². The van der Waals surface area contributed by atoms with Crippen molar-refractivity contribution < 1.29 is 19.4 Å². The Morgan fingerprint density at radius 1 is 1.30 bits per heavy atom. The van der Waals surface area contributed by atoms with E-state index in [1.54, 1.807) is 11.8 Å². The number of carbonyl (C=O) groups is 2. The molecule has 1 heterocycles. The fourth-order valence-electron chi connectivity index (χ4n) is 3.27. The first kappa shape index (κ1) is 15.3. The standard InChI is InChI=1S/C15H25NO4/c1-10-4-3-5-13(8-10)20-11(2)14(17)16-7-6-12(9-16)15(18)19/h10-13H,3-9H2,1-2H3,(H,18,19)/t10-,11+,12-,13+/m1/s1. The Kier molecular flexibility index (Phi) is 5.02. The molecule has 0 aromatic carbocycles. The molecule has 0 spiro atoms. The number of hydrogen-bond acceptors (Lipinski definition) is 3. The Morgan fingerprint density at radius 2 is 2.05 bits per heavy atom. The zero-order valence-corrected chi connectivity index (χ0v) is 12.4. The molecule has 114 valence electrons. The molecule has 2 fully saturated rings. The third-order valence-corrected chi connectivity index (χ3v) is 4.48. The molecule has 5 nitrogen and oxygen atoms in total. The molecule has 0 bridgehead atoms. The van der Waals surface area contributed by atoms with Crippen molar-refractivity contribution >= 4 is 11.9 Å². The van der Waals surface area contributed by atoms with Crippen molar-refractivity contribution in [2.45, 2.75) is 58.2 Å². The fourth-order valence-corrected chi connectivity index (χ4v) is 3.27. The monoisotopic (exact) mass is 283 g/mol. The van der Waals surface area contributed by atoms with Gasteiger partial charge in [-0.1, -0.05) is 19.8 Å². The Labute approximate surface area is 120 Å². The van der Waals surface area contributed by atoms with Crippen LogP contribution in [0.2, 0.25) is 0 Å². The van der Waals surface area contributed by atoms with Crippen LogP contribution in [0.4, 0.5) is 0 Å². The van der Waals surface area contributed by atoms with Crippen LogP contribution in [0.1, 0.15) is 46.0 Å². The lowest BCUT2D eigenvalue weighted by Gasteiger charge is -2.30. The Bertz CT molecular complexity index is 371. The van der Waals surface area contributed by atoms with Crippen LogP contribution >= 0.6 is 0 Å². The first-order valence-corrected chi connectivity index (χ1v) is 7.64. The first-order valence-electron chi connectivity index (χ1n) is 7.64. The Balaban J connectivity index is 1.81. The lowest BCUT2D eigenvalue weighted by Crippen LogP contribution is -2.40. The lowest BCUT2D eigenvalue weighted by molar-refractivity contribution is -0.147. The van der Waals surface area contributed by atoms with Crippen molar-refractivity contribution in [2.75, 3.05) is 13.1 Å². The molecular formula is C15H25NO4. The SMILES string of the molecule is C[C@@H]1CCC[C@H](O[C@@H](C)C(=O)N2CC[C@@H](C(=O)O)C2)C1. The van der Waals surface area contributed by atoms with Gasteiger partial charge in [0.25, 0.3) is 5.91 Å². The predicted molar refractivity (Wildman–Crippen MR) is 74.3 cm³/mol. The smallest absolute Gasteiger partial charge is 0.308 e. The van der Waals surface area contributed by atoms with E-state index in [-0.39, 0.29) is 12.0 Å². The molecule has 0 aromatic rings. The number of carbonyl (C=O) groups excluding carboxylic acids is 1. The van der Waals surface area contributed by atoms with Gasteiger partial charge in [0.2, 0.25) is 0 Å². The fraction of sp³-hybridized carbons (Fsp3) is 0.867. The van der Waals surface area contributed by atoms with Crippen LogP contribution in [-0.2, 0) is 14.3 Å². The van der Waals surface area contributed by atoms with E-state index < -0.39 is 18.0 Å². The van der Waals surface area contributed by atoms with Crippen molar-refractivity contribution in [2.24, 2.45) is 11.8 Å². The van der Waals surface area contributed by atoms with Gasteiger partial charge in [0, 0.05) is 13.1 Å². The van der Waals surface area contributed by atoms with Crippen LogP contribution < -0.4 is 0 Å². The number of aliphatic carboxylic acids is 1. The second-order valence-electron chi connectivity index (χ2n) is 6.28. The summed E-state index contributed by atoms with van der Waals surface area (Å²) in [5.41, 5.74) is 0. The van der Waals surface area contributed by atoms with Crippen LogP contribution in [0.25, 0.3) is 0 Å². The topological polar surface area (TPSA) is 66.8 Å². The molecule has 0 radical (unpaired) electrons. The van der Waals surface area contributed by atoms with Gasteiger partial charge in [0.1, 0.15) is 6.10 Å². The number of carboxylic acid groups (broad SMARTS) is 1. The van der Waals surface area contributed by atoms with Gasteiger partial charge in [-0.25, -0.2) is 0 Å². The molecule has 1 amide bonds. The number of amides is 1. The van der Waals surface area contributed by atoms with Crippen molar-refractivity contribution in [3.63, 3.8) is 0 Å². The maximum Gasteiger partial charge on any atom is 0.308 e. The van der Waals surface area contributed by atoms with Crippen molar-refractivity contribution in [3.05, 3.63) is 0 Å². The van der Waals surface area contributed by atoms with E-state index >= 15 is 0 Å². The largest absolute Gasteiger partial charge is 0.481 e. The summed E-state index contributed by atoms with van der Waals surface area (Å²) >= 11 is 0. The molecule has 2 rings (SSSR count). The summed E-state index contributed by atoms with van der Waals surface area (Å²) in [5, 5.41) is 8.97. The van der Waals surface area contributed by atoms with E-state index in [2.05, 4.69) is 6.92 Å². The third-order valence-electron chi connectivity index (χ3n) is 4.48. The van der Waals surface area contributed by atoms with Crippen molar-refractivity contribution in [1.29, 1.82) is 0 Å². The molecule has 1 N–H and O–H groups in total. The number of ether oxygens (including phenoxy) is 1. The molecule has 2 aliphatic rings. The normalized spacial score (nSPS) is 32.1. The minimum absolute atomic E-state index is 0.0630. The van der Waals surface area contributed by atoms with Crippen LogP contribution in [0.3, 0.4) is 0 Å². The summed E-state index contributed by atoms with van der Waals surface area (Å²) in [5.74, 6) is -0.623. The van der Waals surface area contributed by atoms with Crippen LogP contribution in [0.15, 0.2) is 0 Å². The number of carboxylic acids is 1. The molecule has 0 unspecified atom stereocenters. The average molecular weight is 283 g/mol.